The van der Waals surface area contributed by atoms with E-state index in [1.54, 1.807) is 39.5 Å². The van der Waals surface area contributed by atoms with Gasteiger partial charge in [0.1, 0.15) is 17.2 Å². The van der Waals surface area contributed by atoms with Crippen molar-refractivity contribution in [3.8, 4) is 17.2 Å². The molecule has 0 aliphatic rings. The van der Waals surface area contributed by atoms with Crippen molar-refractivity contribution >= 4 is 12.0 Å². The van der Waals surface area contributed by atoms with Gasteiger partial charge in [0, 0.05) is 18.2 Å². The molecule has 0 saturated heterocycles. The fourth-order valence-electron chi connectivity index (χ4n) is 1.67. The fraction of sp³-hybridized carbons (Fsp3) is 0.438. The van der Waals surface area contributed by atoms with Gasteiger partial charge in [-0.15, -0.1) is 0 Å². The third-order valence-electron chi connectivity index (χ3n) is 3.03. The Morgan fingerprint density at radius 1 is 1.14 bits per heavy atom. The van der Waals surface area contributed by atoms with Crippen LogP contribution in [0.25, 0.3) is 6.08 Å². The summed E-state index contributed by atoms with van der Waals surface area (Å²) in [4.78, 5) is 11.7. The van der Waals surface area contributed by atoms with Crippen molar-refractivity contribution in [2.24, 2.45) is 0 Å². The minimum Gasteiger partial charge on any atom is -0.496 e. The molecule has 5 heteroatoms. The molecule has 0 heterocycles. The van der Waals surface area contributed by atoms with Gasteiger partial charge < -0.3 is 18.9 Å². The van der Waals surface area contributed by atoms with Gasteiger partial charge in [-0.1, -0.05) is 6.92 Å². The van der Waals surface area contributed by atoms with E-state index in [4.69, 9.17) is 18.9 Å². The highest BCUT2D eigenvalue weighted by atomic mass is 16.5. The maximum atomic E-state index is 11.7. The Labute approximate surface area is 125 Å². The van der Waals surface area contributed by atoms with E-state index in [2.05, 4.69) is 0 Å². The number of hydrogen-bond acceptors (Lipinski definition) is 5. The second-order valence-corrected chi connectivity index (χ2v) is 4.43. The topological polar surface area (TPSA) is 54.0 Å². The molecule has 5 nitrogen and oxygen atoms in total. The summed E-state index contributed by atoms with van der Waals surface area (Å²) in [6.07, 6.45) is 3.64. The van der Waals surface area contributed by atoms with Crippen LogP contribution in [0.3, 0.4) is 0 Å². The van der Waals surface area contributed by atoms with E-state index in [1.807, 2.05) is 13.8 Å². The summed E-state index contributed by atoms with van der Waals surface area (Å²) in [5.74, 6) is 1.32. The van der Waals surface area contributed by atoms with Crippen molar-refractivity contribution in [1.82, 2.24) is 0 Å². The molecule has 1 rings (SSSR count). The van der Waals surface area contributed by atoms with Crippen LogP contribution >= 0.6 is 0 Å². The van der Waals surface area contributed by atoms with Gasteiger partial charge in [-0.05, 0) is 19.4 Å². The summed E-state index contributed by atoms with van der Waals surface area (Å²) in [5.41, 5.74) is 0.655. The number of esters is 1. The van der Waals surface area contributed by atoms with Crippen LogP contribution in [-0.2, 0) is 9.53 Å². The molecule has 0 N–H and O–H groups in total. The summed E-state index contributed by atoms with van der Waals surface area (Å²) < 4.78 is 21.0. The quantitative estimate of drug-likeness (QED) is 0.571. The van der Waals surface area contributed by atoms with Crippen LogP contribution in [-0.4, -0.2) is 33.4 Å². The van der Waals surface area contributed by atoms with Crippen molar-refractivity contribution in [2.45, 2.75) is 26.4 Å². The van der Waals surface area contributed by atoms with Crippen molar-refractivity contribution < 1.29 is 23.7 Å². The molecule has 0 aliphatic heterocycles. The van der Waals surface area contributed by atoms with Crippen molar-refractivity contribution in [2.75, 3.05) is 21.3 Å². The first-order chi connectivity index (χ1) is 10.0. The lowest BCUT2D eigenvalue weighted by Gasteiger charge is -2.12. The van der Waals surface area contributed by atoms with Crippen molar-refractivity contribution in [1.29, 1.82) is 0 Å². The number of methoxy groups -OCH3 is 3. The molecule has 1 aromatic carbocycles. The van der Waals surface area contributed by atoms with Crippen LogP contribution in [0.5, 0.6) is 17.2 Å². The zero-order valence-corrected chi connectivity index (χ0v) is 13.1. The lowest BCUT2D eigenvalue weighted by molar-refractivity contribution is -0.142. The zero-order chi connectivity index (χ0) is 15.8. The van der Waals surface area contributed by atoms with Gasteiger partial charge in [-0.2, -0.15) is 0 Å². The molecule has 0 spiro atoms. The number of rotatable bonds is 7. The largest absolute Gasteiger partial charge is 0.496 e. The molecule has 1 aromatic rings. The average Bonchev–Trinajstić information content (AvgIpc) is 2.51. The summed E-state index contributed by atoms with van der Waals surface area (Å²) >= 11 is 0. The standard InChI is InChI=1S/C16H22O5/c1-6-11(2)21-16(17)8-7-13-14(19-4)9-12(18-3)10-15(13)20-5/h7-11H,6H2,1-5H3. The van der Waals surface area contributed by atoms with Crippen LogP contribution in [0.15, 0.2) is 18.2 Å². The molecule has 0 radical (unpaired) electrons. The molecule has 1 unspecified atom stereocenters. The molecule has 21 heavy (non-hydrogen) atoms. The number of benzene rings is 1. The van der Waals surface area contributed by atoms with Crippen LogP contribution in [0.1, 0.15) is 25.8 Å². The molecule has 0 fully saturated rings. The highest BCUT2D eigenvalue weighted by Gasteiger charge is 2.12. The molecule has 1 atom stereocenters. The van der Waals surface area contributed by atoms with E-state index >= 15 is 0 Å². The molecule has 0 saturated carbocycles. The molecule has 0 bridgehead atoms. The highest BCUT2D eigenvalue weighted by Crippen LogP contribution is 2.34. The molecule has 0 aromatic heterocycles. The first kappa shape index (κ1) is 16.9. The Bertz CT molecular complexity index is 482. The van der Waals surface area contributed by atoms with Crippen LogP contribution in [0, 0.1) is 0 Å². The minimum absolute atomic E-state index is 0.109. The number of carbonyl (C=O) groups excluding carboxylic acids is 1. The molecular formula is C16H22O5. The second kappa shape index (κ2) is 8.19. The minimum atomic E-state index is -0.399. The summed E-state index contributed by atoms with van der Waals surface area (Å²) in [5, 5.41) is 0. The van der Waals surface area contributed by atoms with Crippen LogP contribution < -0.4 is 14.2 Å². The third kappa shape index (κ3) is 4.70. The Morgan fingerprint density at radius 2 is 1.71 bits per heavy atom. The van der Waals surface area contributed by atoms with Gasteiger partial charge in [0.2, 0.25) is 0 Å². The van der Waals surface area contributed by atoms with E-state index in [-0.39, 0.29) is 6.10 Å². The lowest BCUT2D eigenvalue weighted by atomic mass is 10.1. The third-order valence-corrected chi connectivity index (χ3v) is 3.03. The van der Waals surface area contributed by atoms with Crippen LogP contribution in [0.4, 0.5) is 0 Å². The van der Waals surface area contributed by atoms with E-state index in [1.165, 1.54) is 6.08 Å². The SMILES string of the molecule is CCC(C)OC(=O)C=Cc1c(OC)cc(OC)cc1OC. The number of ether oxygens (including phenoxy) is 4. The molecule has 0 aliphatic carbocycles. The fourth-order valence-corrected chi connectivity index (χ4v) is 1.67. The Balaban J connectivity index is 3.03. The summed E-state index contributed by atoms with van der Waals surface area (Å²) in [6, 6.07) is 3.45. The molecular weight excluding hydrogens is 272 g/mol. The molecule has 0 amide bonds. The normalized spacial score (nSPS) is 12.0. The van der Waals surface area contributed by atoms with Crippen molar-refractivity contribution in [3.05, 3.63) is 23.8 Å². The average molecular weight is 294 g/mol. The van der Waals surface area contributed by atoms with Crippen LogP contribution in [0.2, 0.25) is 0 Å². The van der Waals surface area contributed by atoms with E-state index < -0.39 is 5.97 Å². The van der Waals surface area contributed by atoms with Gasteiger partial charge in [0.05, 0.1) is 33.0 Å². The Hall–Kier alpha value is -2.17. The van der Waals surface area contributed by atoms with Crippen molar-refractivity contribution in [3.63, 3.8) is 0 Å². The number of carbonyl (C=O) groups is 1. The monoisotopic (exact) mass is 294 g/mol. The number of hydrogen-bond donors (Lipinski definition) is 0. The maximum absolute atomic E-state index is 11.7. The second-order valence-electron chi connectivity index (χ2n) is 4.43. The van der Waals surface area contributed by atoms with E-state index in [0.717, 1.165) is 6.42 Å². The van der Waals surface area contributed by atoms with Gasteiger partial charge in [-0.25, -0.2) is 4.79 Å². The molecule has 116 valence electrons. The summed E-state index contributed by atoms with van der Waals surface area (Å²) in [7, 11) is 4.65. The van der Waals surface area contributed by atoms with Gasteiger partial charge >= 0.3 is 5.97 Å². The van der Waals surface area contributed by atoms with Gasteiger partial charge in [0.15, 0.2) is 0 Å². The van der Waals surface area contributed by atoms with Gasteiger partial charge in [0.25, 0.3) is 0 Å². The highest BCUT2D eigenvalue weighted by molar-refractivity contribution is 5.88. The Kier molecular flexibility index (Phi) is 6.59. The lowest BCUT2D eigenvalue weighted by Crippen LogP contribution is -2.11. The summed E-state index contributed by atoms with van der Waals surface area (Å²) in [6.45, 7) is 3.80. The maximum Gasteiger partial charge on any atom is 0.331 e. The smallest absolute Gasteiger partial charge is 0.331 e. The first-order valence-corrected chi connectivity index (χ1v) is 6.74. The first-order valence-electron chi connectivity index (χ1n) is 6.74. The van der Waals surface area contributed by atoms with E-state index in [0.29, 0.717) is 22.8 Å². The van der Waals surface area contributed by atoms with Gasteiger partial charge in [-0.3, -0.25) is 0 Å². The zero-order valence-electron chi connectivity index (χ0n) is 13.1. The predicted molar refractivity (Wildman–Crippen MR) is 81.0 cm³/mol. The predicted octanol–water partition coefficient (Wildman–Crippen LogP) is 3.07. The van der Waals surface area contributed by atoms with E-state index in [9.17, 15) is 4.79 Å². The Morgan fingerprint density at radius 3 is 2.14 bits per heavy atom.